The van der Waals surface area contributed by atoms with Gasteiger partial charge < -0.3 is 10.5 Å². The van der Waals surface area contributed by atoms with Crippen LogP contribution in [0.4, 0.5) is 8.78 Å². The maximum atomic E-state index is 13.5. The Labute approximate surface area is 112 Å². The first-order valence-electron chi connectivity index (χ1n) is 5.92. The van der Waals surface area contributed by atoms with Crippen LogP contribution in [0.15, 0.2) is 12.1 Å². The Balaban J connectivity index is 0.00000162. The fourth-order valence-corrected chi connectivity index (χ4v) is 1.70. The van der Waals surface area contributed by atoms with Crippen molar-refractivity contribution in [1.82, 2.24) is 0 Å². The number of benzene rings is 1. The van der Waals surface area contributed by atoms with Crippen LogP contribution in [0.5, 0.6) is 5.75 Å². The standard InChI is InChI=1S/C13H17F2NO.ClH/c1-8(16)4-10-5-11(14)13(15)12(6-10)17-7-9-2-3-9;/h5-6,8-9H,2-4,7,16H2,1H3;1H. The lowest BCUT2D eigenvalue weighted by Gasteiger charge is -2.11. The Hall–Kier alpha value is -0.870. The fourth-order valence-electron chi connectivity index (χ4n) is 1.70. The van der Waals surface area contributed by atoms with Crippen molar-refractivity contribution in [2.24, 2.45) is 11.7 Å². The first kappa shape index (κ1) is 15.2. The van der Waals surface area contributed by atoms with Crippen LogP contribution in [0.3, 0.4) is 0 Å². The maximum Gasteiger partial charge on any atom is 0.200 e. The first-order chi connectivity index (χ1) is 8.06. The zero-order valence-corrected chi connectivity index (χ0v) is 11.1. The van der Waals surface area contributed by atoms with E-state index in [1.54, 1.807) is 6.07 Å². The minimum atomic E-state index is -0.904. The van der Waals surface area contributed by atoms with Gasteiger partial charge in [-0.25, -0.2) is 4.39 Å². The SMILES string of the molecule is CC(N)Cc1cc(F)c(F)c(OCC2CC2)c1.Cl. The van der Waals surface area contributed by atoms with Gasteiger partial charge in [0.1, 0.15) is 0 Å². The normalized spacial score (nSPS) is 16.0. The summed E-state index contributed by atoms with van der Waals surface area (Å²) in [5.74, 6) is -1.25. The van der Waals surface area contributed by atoms with Crippen molar-refractivity contribution in [3.8, 4) is 5.75 Å². The third kappa shape index (κ3) is 4.10. The lowest BCUT2D eigenvalue weighted by molar-refractivity contribution is 0.280. The summed E-state index contributed by atoms with van der Waals surface area (Å²) in [6, 6.07) is 2.64. The molecule has 1 fully saturated rings. The zero-order chi connectivity index (χ0) is 12.4. The highest BCUT2D eigenvalue weighted by Crippen LogP contribution is 2.31. The summed E-state index contributed by atoms with van der Waals surface area (Å²) in [4.78, 5) is 0. The molecular weight excluding hydrogens is 260 g/mol. The molecule has 0 aromatic heterocycles. The van der Waals surface area contributed by atoms with Crippen molar-refractivity contribution in [2.45, 2.75) is 32.2 Å². The molecule has 1 unspecified atom stereocenters. The van der Waals surface area contributed by atoms with Crippen LogP contribution in [0.25, 0.3) is 0 Å². The van der Waals surface area contributed by atoms with E-state index < -0.39 is 11.6 Å². The molecule has 1 saturated carbocycles. The second kappa shape index (κ2) is 6.34. The second-order valence-corrected chi connectivity index (χ2v) is 4.83. The van der Waals surface area contributed by atoms with E-state index in [0.717, 1.165) is 12.8 Å². The topological polar surface area (TPSA) is 35.2 Å². The van der Waals surface area contributed by atoms with Crippen molar-refractivity contribution in [2.75, 3.05) is 6.61 Å². The molecule has 0 radical (unpaired) electrons. The molecule has 18 heavy (non-hydrogen) atoms. The molecule has 1 aliphatic rings. The largest absolute Gasteiger partial charge is 0.490 e. The third-order valence-corrected chi connectivity index (χ3v) is 2.78. The quantitative estimate of drug-likeness (QED) is 0.898. The van der Waals surface area contributed by atoms with E-state index in [1.807, 2.05) is 6.92 Å². The molecule has 0 spiro atoms. The molecule has 2 nitrogen and oxygen atoms in total. The van der Waals surface area contributed by atoms with Gasteiger partial charge in [-0.15, -0.1) is 12.4 Å². The summed E-state index contributed by atoms with van der Waals surface area (Å²) >= 11 is 0. The number of ether oxygens (including phenoxy) is 1. The van der Waals surface area contributed by atoms with Crippen molar-refractivity contribution < 1.29 is 13.5 Å². The van der Waals surface area contributed by atoms with Gasteiger partial charge in [0.2, 0.25) is 5.82 Å². The van der Waals surface area contributed by atoms with Gasteiger partial charge in [0.15, 0.2) is 11.6 Å². The van der Waals surface area contributed by atoms with E-state index in [-0.39, 0.29) is 24.2 Å². The van der Waals surface area contributed by atoms with E-state index in [9.17, 15) is 8.78 Å². The molecule has 0 saturated heterocycles. The van der Waals surface area contributed by atoms with Crippen LogP contribution in [-0.2, 0) is 6.42 Å². The molecule has 0 heterocycles. The summed E-state index contributed by atoms with van der Waals surface area (Å²) in [6.07, 6.45) is 2.74. The molecule has 2 N–H and O–H groups in total. The Morgan fingerprint density at radius 1 is 1.39 bits per heavy atom. The van der Waals surface area contributed by atoms with Gasteiger partial charge in [-0.3, -0.25) is 0 Å². The van der Waals surface area contributed by atoms with E-state index in [2.05, 4.69) is 0 Å². The molecule has 1 atom stereocenters. The summed E-state index contributed by atoms with van der Waals surface area (Å²) < 4.78 is 32.1. The number of halogens is 3. The molecule has 0 aliphatic heterocycles. The third-order valence-electron chi connectivity index (χ3n) is 2.78. The summed E-state index contributed by atoms with van der Waals surface area (Å²) in [6.45, 7) is 2.30. The summed E-state index contributed by atoms with van der Waals surface area (Å²) in [7, 11) is 0. The van der Waals surface area contributed by atoms with Crippen LogP contribution in [-0.4, -0.2) is 12.6 Å². The van der Waals surface area contributed by atoms with Crippen LogP contribution >= 0.6 is 12.4 Å². The van der Waals surface area contributed by atoms with E-state index in [1.165, 1.54) is 6.07 Å². The molecule has 5 heteroatoms. The molecule has 1 aromatic carbocycles. The van der Waals surface area contributed by atoms with Crippen LogP contribution in [0, 0.1) is 17.6 Å². The highest BCUT2D eigenvalue weighted by Gasteiger charge is 2.23. The zero-order valence-electron chi connectivity index (χ0n) is 10.3. The maximum absolute atomic E-state index is 13.5. The van der Waals surface area contributed by atoms with Crippen molar-refractivity contribution in [3.63, 3.8) is 0 Å². The monoisotopic (exact) mass is 277 g/mol. The molecule has 102 valence electrons. The minimum absolute atomic E-state index is 0. The molecule has 1 aromatic rings. The van der Waals surface area contributed by atoms with Crippen LogP contribution in [0.1, 0.15) is 25.3 Å². The highest BCUT2D eigenvalue weighted by molar-refractivity contribution is 5.85. The molecule has 0 amide bonds. The van der Waals surface area contributed by atoms with Gasteiger partial charge in [0.05, 0.1) is 6.61 Å². The van der Waals surface area contributed by atoms with Gasteiger partial charge in [-0.2, -0.15) is 4.39 Å². The van der Waals surface area contributed by atoms with E-state index >= 15 is 0 Å². The Morgan fingerprint density at radius 3 is 2.61 bits per heavy atom. The highest BCUT2D eigenvalue weighted by atomic mass is 35.5. The lowest BCUT2D eigenvalue weighted by atomic mass is 10.1. The molecule has 1 aliphatic carbocycles. The number of rotatable bonds is 5. The summed E-state index contributed by atoms with van der Waals surface area (Å²) in [5, 5.41) is 0. The van der Waals surface area contributed by atoms with Crippen molar-refractivity contribution in [1.29, 1.82) is 0 Å². The molecular formula is C13H18ClF2NO. The minimum Gasteiger partial charge on any atom is -0.490 e. The van der Waals surface area contributed by atoms with E-state index in [4.69, 9.17) is 10.5 Å². The number of hydrogen-bond donors (Lipinski definition) is 1. The number of hydrogen-bond acceptors (Lipinski definition) is 2. The second-order valence-electron chi connectivity index (χ2n) is 4.83. The van der Waals surface area contributed by atoms with Crippen molar-refractivity contribution in [3.05, 3.63) is 29.3 Å². The van der Waals surface area contributed by atoms with Gasteiger partial charge >= 0.3 is 0 Å². The Bertz CT molecular complexity index is 408. The lowest BCUT2D eigenvalue weighted by Crippen LogP contribution is -2.18. The smallest absolute Gasteiger partial charge is 0.200 e. The van der Waals surface area contributed by atoms with Crippen molar-refractivity contribution >= 4 is 12.4 Å². The van der Waals surface area contributed by atoms with Gasteiger partial charge in [0, 0.05) is 6.04 Å². The molecule has 2 rings (SSSR count). The van der Waals surface area contributed by atoms with Gasteiger partial charge in [0.25, 0.3) is 0 Å². The van der Waals surface area contributed by atoms with Gasteiger partial charge in [-0.05, 0) is 49.8 Å². The molecule has 0 bridgehead atoms. The first-order valence-corrected chi connectivity index (χ1v) is 5.92. The predicted octanol–water partition coefficient (Wildman–Crippen LogP) is 3.07. The average molecular weight is 278 g/mol. The average Bonchev–Trinajstić information content (AvgIpc) is 3.04. The van der Waals surface area contributed by atoms with Gasteiger partial charge in [-0.1, -0.05) is 0 Å². The fraction of sp³-hybridized carbons (Fsp3) is 0.538. The van der Waals surface area contributed by atoms with Crippen LogP contribution in [0.2, 0.25) is 0 Å². The van der Waals surface area contributed by atoms with Crippen LogP contribution < -0.4 is 10.5 Å². The number of nitrogens with two attached hydrogens (primary N) is 1. The predicted molar refractivity (Wildman–Crippen MR) is 69.2 cm³/mol. The summed E-state index contributed by atoms with van der Waals surface area (Å²) in [5.41, 5.74) is 6.31. The Morgan fingerprint density at radius 2 is 2.06 bits per heavy atom. The Kier molecular flexibility index (Phi) is 5.35. The van der Waals surface area contributed by atoms with E-state index in [0.29, 0.717) is 24.5 Å².